The molecule has 0 aromatic carbocycles. The first kappa shape index (κ1) is 12.6. The molecule has 0 aliphatic heterocycles. The quantitative estimate of drug-likeness (QED) is 0.665. The number of carbonyl (C=O) groups is 1. The SMILES string of the molecule is NC1(C(=O)OCc2cccs2)CCCCCC1. The smallest absolute Gasteiger partial charge is 0.326 e. The molecule has 17 heavy (non-hydrogen) atoms. The number of hydrogen-bond acceptors (Lipinski definition) is 4. The Morgan fingerprint density at radius 1 is 1.35 bits per heavy atom. The zero-order valence-electron chi connectivity index (χ0n) is 9.98. The Labute approximate surface area is 106 Å². The van der Waals surface area contributed by atoms with E-state index in [1.165, 1.54) is 12.8 Å². The van der Waals surface area contributed by atoms with Crippen molar-refractivity contribution in [2.75, 3.05) is 0 Å². The summed E-state index contributed by atoms with van der Waals surface area (Å²) in [4.78, 5) is 13.1. The van der Waals surface area contributed by atoms with Gasteiger partial charge in [-0.3, -0.25) is 4.79 Å². The highest BCUT2D eigenvalue weighted by atomic mass is 32.1. The summed E-state index contributed by atoms with van der Waals surface area (Å²) >= 11 is 1.60. The highest BCUT2D eigenvalue weighted by Crippen LogP contribution is 2.26. The van der Waals surface area contributed by atoms with Crippen molar-refractivity contribution >= 4 is 17.3 Å². The van der Waals surface area contributed by atoms with Gasteiger partial charge in [-0.15, -0.1) is 11.3 Å². The molecule has 0 bridgehead atoms. The standard InChI is InChI=1S/C13H19NO2S/c14-13(7-3-1-2-4-8-13)12(15)16-10-11-6-5-9-17-11/h5-6,9H,1-4,7-8,10,14H2. The van der Waals surface area contributed by atoms with Gasteiger partial charge in [0.25, 0.3) is 0 Å². The number of carbonyl (C=O) groups excluding carboxylic acids is 1. The van der Waals surface area contributed by atoms with E-state index in [9.17, 15) is 4.79 Å². The largest absolute Gasteiger partial charge is 0.459 e. The van der Waals surface area contributed by atoms with Gasteiger partial charge in [0, 0.05) is 4.88 Å². The van der Waals surface area contributed by atoms with Crippen molar-refractivity contribution in [1.29, 1.82) is 0 Å². The minimum absolute atomic E-state index is 0.229. The van der Waals surface area contributed by atoms with E-state index in [0.717, 1.165) is 30.6 Å². The lowest BCUT2D eigenvalue weighted by atomic mass is 9.92. The second-order valence-corrected chi connectivity index (χ2v) is 5.76. The number of esters is 1. The third-order valence-corrected chi connectivity index (χ3v) is 4.18. The van der Waals surface area contributed by atoms with E-state index in [-0.39, 0.29) is 5.97 Å². The van der Waals surface area contributed by atoms with Crippen LogP contribution in [0, 0.1) is 0 Å². The summed E-state index contributed by atoms with van der Waals surface area (Å²) in [6.45, 7) is 0.357. The Hall–Kier alpha value is -0.870. The molecule has 94 valence electrons. The molecule has 1 saturated carbocycles. The molecule has 1 heterocycles. The van der Waals surface area contributed by atoms with Crippen LogP contribution >= 0.6 is 11.3 Å². The molecule has 0 atom stereocenters. The van der Waals surface area contributed by atoms with Crippen molar-refractivity contribution in [3.8, 4) is 0 Å². The van der Waals surface area contributed by atoms with E-state index in [1.54, 1.807) is 11.3 Å². The first-order valence-corrected chi connectivity index (χ1v) is 7.07. The number of thiophene rings is 1. The van der Waals surface area contributed by atoms with Gasteiger partial charge in [-0.1, -0.05) is 31.7 Å². The summed E-state index contributed by atoms with van der Waals surface area (Å²) in [6, 6.07) is 3.92. The van der Waals surface area contributed by atoms with Crippen LogP contribution in [-0.4, -0.2) is 11.5 Å². The summed E-state index contributed by atoms with van der Waals surface area (Å²) in [7, 11) is 0. The second-order valence-electron chi connectivity index (χ2n) is 4.73. The lowest BCUT2D eigenvalue weighted by Crippen LogP contribution is -2.48. The number of nitrogens with two attached hydrogens (primary N) is 1. The highest BCUT2D eigenvalue weighted by Gasteiger charge is 2.35. The van der Waals surface area contributed by atoms with E-state index in [0.29, 0.717) is 6.61 Å². The molecule has 0 radical (unpaired) electrons. The van der Waals surface area contributed by atoms with Gasteiger partial charge in [-0.05, 0) is 24.3 Å². The van der Waals surface area contributed by atoms with Crippen LogP contribution in [0.4, 0.5) is 0 Å². The minimum atomic E-state index is -0.742. The molecule has 1 fully saturated rings. The lowest BCUT2D eigenvalue weighted by molar-refractivity contribution is -0.152. The first-order chi connectivity index (χ1) is 8.21. The molecule has 0 unspecified atom stereocenters. The van der Waals surface area contributed by atoms with Gasteiger partial charge in [0.1, 0.15) is 12.1 Å². The molecular weight excluding hydrogens is 234 g/mol. The van der Waals surface area contributed by atoms with Crippen LogP contribution in [0.1, 0.15) is 43.4 Å². The van der Waals surface area contributed by atoms with Gasteiger partial charge < -0.3 is 10.5 Å². The minimum Gasteiger partial charge on any atom is -0.459 e. The predicted octanol–water partition coefficient (Wildman–Crippen LogP) is 2.84. The van der Waals surface area contributed by atoms with Crippen LogP contribution in [0.15, 0.2) is 17.5 Å². The van der Waals surface area contributed by atoms with Crippen molar-refractivity contribution in [2.45, 2.75) is 50.7 Å². The molecule has 0 spiro atoms. The van der Waals surface area contributed by atoms with Crippen molar-refractivity contribution in [1.82, 2.24) is 0 Å². The third-order valence-electron chi connectivity index (χ3n) is 3.33. The summed E-state index contributed by atoms with van der Waals surface area (Å²) in [6.07, 6.45) is 5.94. The fraction of sp³-hybridized carbons (Fsp3) is 0.615. The van der Waals surface area contributed by atoms with Crippen molar-refractivity contribution in [3.05, 3.63) is 22.4 Å². The summed E-state index contributed by atoms with van der Waals surface area (Å²) in [5, 5.41) is 1.98. The maximum Gasteiger partial charge on any atom is 0.326 e. The van der Waals surface area contributed by atoms with Gasteiger partial charge in [-0.25, -0.2) is 0 Å². The molecule has 1 aromatic heterocycles. The second kappa shape index (κ2) is 5.65. The monoisotopic (exact) mass is 253 g/mol. The van der Waals surface area contributed by atoms with E-state index >= 15 is 0 Å². The van der Waals surface area contributed by atoms with Crippen molar-refractivity contribution < 1.29 is 9.53 Å². The number of hydrogen-bond donors (Lipinski definition) is 1. The van der Waals surface area contributed by atoms with E-state index in [1.807, 2.05) is 17.5 Å². The lowest BCUT2D eigenvalue weighted by Gasteiger charge is -2.25. The van der Waals surface area contributed by atoms with Crippen molar-refractivity contribution in [3.63, 3.8) is 0 Å². The van der Waals surface area contributed by atoms with Gasteiger partial charge in [0.2, 0.25) is 0 Å². The molecule has 2 rings (SSSR count). The van der Waals surface area contributed by atoms with Crippen molar-refractivity contribution in [2.24, 2.45) is 5.73 Å². The zero-order chi connectivity index (χ0) is 12.1. The normalized spacial score (nSPS) is 19.6. The zero-order valence-corrected chi connectivity index (χ0v) is 10.8. The van der Waals surface area contributed by atoms with Crippen LogP contribution in [0.2, 0.25) is 0 Å². The Morgan fingerprint density at radius 2 is 2.06 bits per heavy atom. The van der Waals surface area contributed by atoms with Crippen LogP contribution in [0.5, 0.6) is 0 Å². The summed E-state index contributed by atoms with van der Waals surface area (Å²) in [5.74, 6) is -0.229. The van der Waals surface area contributed by atoms with Crippen LogP contribution in [-0.2, 0) is 16.1 Å². The van der Waals surface area contributed by atoms with E-state index < -0.39 is 5.54 Å². The molecule has 1 aliphatic rings. The predicted molar refractivity (Wildman–Crippen MR) is 68.7 cm³/mol. The van der Waals surface area contributed by atoms with Crippen LogP contribution in [0.3, 0.4) is 0 Å². The molecule has 2 N–H and O–H groups in total. The highest BCUT2D eigenvalue weighted by molar-refractivity contribution is 7.09. The van der Waals surface area contributed by atoms with Gasteiger partial charge in [0.15, 0.2) is 0 Å². The molecule has 3 nitrogen and oxygen atoms in total. The van der Waals surface area contributed by atoms with Gasteiger partial charge in [0.05, 0.1) is 0 Å². The topological polar surface area (TPSA) is 52.3 Å². The summed E-state index contributed by atoms with van der Waals surface area (Å²) < 4.78 is 5.33. The maximum absolute atomic E-state index is 12.0. The molecule has 0 amide bonds. The molecular formula is C13H19NO2S. The molecule has 1 aromatic rings. The Kier molecular flexibility index (Phi) is 4.18. The van der Waals surface area contributed by atoms with Crippen LogP contribution < -0.4 is 5.73 Å². The van der Waals surface area contributed by atoms with E-state index in [2.05, 4.69) is 0 Å². The molecule has 0 saturated heterocycles. The fourth-order valence-corrected chi connectivity index (χ4v) is 2.85. The Bertz CT molecular complexity index is 354. The fourth-order valence-electron chi connectivity index (χ4n) is 2.24. The Balaban J connectivity index is 1.89. The van der Waals surface area contributed by atoms with Crippen LogP contribution in [0.25, 0.3) is 0 Å². The number of rotatable bonds is 3. The molecule has 1 aliphatic carbocycles. The number of ether oxygens (including phenoxy) is 1. The average Bonchev–Trinajstić information content (AvgIpc) is 2.74. The van der Waals surface area contributed by atoms with Gasteiger partial charge >= 0.3 is 5.97 Å². The maximum atomic E-state index is 12.0. The molecule has 4 heteroatoms. The summed E-state index contributed by atoms with van der Waals surface area (Å²) in [5.41, 5.74) is 5.43. The first-order valence-electron chi connectivity index (χ1n) is 6.19. The Morgan fingerprint density at radius 3 is 2.65 bits per heavy atom. The third kappa shape index (κ3) is 3.30. The average molecular weight is 253 g/mol. The van der Waals surface area contributed by atoms with E-state index in [4.69, 9.17) is 10.5 Å². The van der Waals surface area contributed by atoms with Gasteiger partial charge in [-0.2, -0.15) is 0 Å².